The highest BCUT2D eigenvalue weighted by atomic mass is 32.1. The number of aromatic nitrogens is 1. The zero-order valence-corrected chi connectivity index (χ0v) is 11.0. The first-order valence-corrected chi connectivity index (χ1v) is 7.10. The summed E-state index contributed by atoms with van der Waals surface area (Å²) in [5.74, 6) is 0.0575. The monoisotopic (exact) mass is 253 g/mol. The number of aryl methyl sites for hydroxylation is 1. The number of anilines is 1. The molecule has 5 heteroatoms. The number of piperidine rings is 1. The Balaban J connectivity index is 1.88. The van der Waals surface area contributed by atoms with E-state index in [1.165, 1.54) is 11.3 Å². The van der Waals surface area contributed by atoms with E-state index < -0.39 is 0 Å². The van der Waals surface area contributed by atoms with Gasteiger partial charge in [0, 0.05) is 11.1 Å². The average Bonchev–Trinajstić information content (AvgIpc) is 2.78. The maximum absolute atomic E-state index is 11.9. The van der Waals surface area contributed by atoms with E-state index in [2.05, 4.69) is 22.5 Å². The molecule has 0 aliphatic carbocycles. The lowest BCUT2D eigenvalue weighted by Gasteiger charge is -2.21. The zero-order chi connectivity index (χ0) is 12.1. The highest BCUT2D eigenvalue weighted by molar-refractivity contribution is 7.15. The summed E-state index contributed by atoms with van der Waals surface area (Å²) in [4.78, 5) is 17.4. The number of thiazole rings is 1. The van der Waals surface area contributed by atoms with Crippen LogP contribution in [0.1, 0.15) is 37.5 Å². The van der Waals surface area contributed by atoms with Crippen LogP contribution in [0.2, 0.25) is 0 Å². The number of amides is 1. The second-order valence-corrected chi connectivity index (χ2v) is 5.49. The summed E-state index contributed by atoms with van der Waals surface area (Å²) in [5.41, 5.74) is 0. The molecule has 0 bridgehead atoms. The third-order valence-corrected chi connectivity index (χ3v) is 3.88. The number of hydrogen-bond donors (Lipinski definition) is 2. The first-order chi connectivity index (χ1) is 8.29. The van der Waals surface area contributed by atoms with Gasteiger partial charge in [-0.15, -0.1) is 11.3 Å². The van der Waals surface area contributed by atoms with Gasteiger partial charge in [0.15, 0.2) is 5.13 Å². The van der Waals surface area contributed by atoms with Crippen LogP contribution in [0, 0.1) is 0 Å². The van der Waals surface area contributed by atoms with Crippen LogP contribution < -0.4 is 10.6 Å². The summed E-state index contributed by atoms with van der Waals surface area (Å²) >= 11 is 1.58. The minimum atomic E-state index is -0.0396. The van der Waals surface area contributed by atoms with E-state index in [-0.39, 0.29) is 11.9 Å². The minimum absolute atomic E-state index is 0.0396. The third-order valence-electron chi connectivity index (χ3n) is 2.91. The molecule has 1 atom stereocenters. The predicted octanol–water partition coefficient (Wildman–Crippen LogP) is 2.18. The highest BCUT2D eigenvalue weighted by Gasteiger charge is 2.21. The van der Waals surface area contributed by atoms with Crippen molar-refractivity contribution < 1.29 is 4.79 Å². The zero-order valence-electron chi connectivity index (χ0n) is 10.2. The normalized spacial score (nSPS) is 20.2. The molecule has 0 aromatic carbocycles. The summed E-state index contributed by atoms with van der Waals surface area (Å²) in [6, 6.07) is -0.0396. The Morgan fingerprint density at radius 2 is 2.53 bits per heavy atom. The standard InChI is InChI=1S/C12H19N3OS/c1-2-5-9-8-14-12(17-9)15-11(16)10-6-3-4-7-13-10/h8,10,13H,2-7H2,1H3,(H,14,15,16)/t10-/m0/s1. The van der Waals surface area contributed by atoms with Gasteiger partial charge in [0.1, 0.15) is 0 Å². The number of hydrogen-bond acceptors (Lipinski definition) is 4. The van der Waals surface area contributed by atoms with Crippen molar-refractivity contribution in [2.45, 2.75) is 45.1 Å². The van der Waals surface area contributed by atoms with Gasteiger partial charge in [0.25, 0.3) is 0 Å². The Morgan fingerprint density at radius 3 is 3.24 bits per heavy atom. The second-order valence-electron chi connectivity index (χ2n) is 4.37. The minimum Gasteiger partial charge on any atom is -0.306 e. The topological polar surface area (TPSA) is 54.0 Å². The van der Waals surface area contributed by atoms with Gasteiger partial charge < -0.3 is 10.6 Å². The number of carbonyl (C=O) groups is 1. The molecule has 1 saturated heterocycles. The molecule has 17 heavy (non-hydrogen) atoms. The molecule has 0 radical (unpaired) electrons. The average molecular weight is 253 g/mol. The quantitative estimate of drug-likeness (QED) is 0.864. The molecule has 94 valence electrons. The number of carbonyl (C=O) groups excluding carboxylic acids is 1. The first-order valence-electron chi connectivity index (χ1n) is 6.28. The van der Waals surface area contributed by atoms with Crippen molar-refractivity contribution >= 4 is 22.4 Å². The van der Waals surface area contributed by atoms with Gasteiger partial charge in [-0.3, -0.25) is 4.79 Å². The molecule has 4 nitrogen and oxygen atoms in total. The molecule has 1 aliphatic rings. The fraction of sp³-hybridized carbons (Fsp3) is 0.667. The van der Waals surface area contributed by atoms with E-state index in [1.54, 1.807) is 11.3 Å². The van der Waals surface area contributed by atoms with E-state index in [4.69, 9.17) is 0 Å². The van der Waals surface area contributed by atoms with Crippen LogP contribution in [0.5, 0.6) is 0 Å². The molecule has 1 aromatic rings. The van der Waals surface area contributed by atoms with E-state index in [0.717, 1.165) is 37.4 Å². The van der Waals surface area contributed by atoms with Crippen molar-refractivity contribution in [1.82, 2.24) is 10.3 Å². The largest absolute Gasteiger partial charge is 0.306 e. The summed E-state index contributed by atoms with van der Waals surface area (Å²) < 4.78 is 0. The smallest absolute Gasteiger partial charge is 0.243 e. The van der Waals surface area contributed by atoms with Crippen molar-refractivity contribution in [3.05, 3.63) is 11.1 Å². The van der Waals surface area contributed by atoms with Crippen LogP contribution in [0.3, 0.4) is 0 Å². The first kappa shape index (κ1) is 12.5. The number of rotatable bonds is 4. The van der Waals surface area contributed by atoms with E-state index >= 15 is 0 Å². The van der Waals surface area contributed by atoms with Crippen LogP contribution in [0.4, 0.5) is 5.13 Å². The molecule has 0 saturated carbocycles. The van der Waals surface area contributed by atoms with Crippen molar-refractivity contribution in [2.24, 2.45) is 0 Å². The number of nitrogens with zero attached hydrogens (tertiary/aromatic N) is 1. The molecular weight excluding hydrogens is 234 g/mol. The van der Waals surface area contributed by atoms with Gasteiger partial charge in [0.05, 0.1) is 6.04 Å². The second kappa shape index (κ2) is 6.12. The third kappa shape index (κ3) is 3.51. The summed E-state index contributed by atoms with van der Waals surface area (Å²) in [7, 11) is 0. The van der Waals surface area contributed by atoms with Crippen molar-refractivity contribution in [2.75, 3.05) is 11.9 Å². The predicted molar refractivity (Wildman–Crippen MR) is 70.4 cm³/mol. The van der Waals surface area contributed by atoms with E-state index in [9.17, 15) is 4.79 Å². The van der Waals surface area contributed by atoms with E-state index in [0.29, 0.717) is 0 Å². The Morgan fingerprint density at radius 1 is 1.65 bits per heavy atom. The lowest BCUT2D eigenvalue weighted by atomic mass is 10.0. The van der Waals surface area contributed by atoms with Gasteiger partial charge in [-0.25, -0.2) is 4.98 Å². The lowest BCUT2D eigenvalue weighted by Crippen LogP contribution is -2.43. The Hall–Kier alpha value is -0.940. The molecule has 0 spiro atoms. The van der Waals surface area contributed by atoms with Crippen LogP contribution in [0.15, 0.2) is 6.20 Å². The fourth-order valence-electron chi connectivity index (χ4n) is 2.00. The summed E-state index contributed by atoms with van der Waals surface area (Å²) in [6.45, 7) is 3.08. The van der Waals surface area contributed by atoms with Gasteiger partial charge in [0.2, 0.25) is 5.91 Å². The number of nitrogens with one attached hydrogen (secondary N) is 2. The molecule has 2 heterocycles. The van der Waals surface area contributed by atoms with Gasteiger partial charge >= 0.3 is 0 Å². The molecule has 1 fully saturated rings. The van der Waals surface area contributed by atoms with Crippen LogP contribution in [-0.4, -0.2) is 23.5 Å². The lowest BCUT2D eigenvalue weighted by molar-refractivity contribution is -0.118. The van der Waals surface area contributed by atoms with Crippen LogP contribution in [-0.2, 0) is 11.2 Å². The fourth-order valence-corrected chi connectivity index (χ4v) is 2.91. The SMILES string of the molecule is CCCc1cnc(NC(=O)[C@@H]2CCCCN2)s1. The Bertz CT molecular complexity index is 372. The van der Waals surface area contributed by atoms with Crippen molar-refractivity contribution in [1.29, 1.82) is 0 Å². The van der Waals surface area contributed by atoms with Crippen molar-refractivity contribution in [3.8, 4) is 0 Å². The van der Waals surface area contributed by atoms with Gasteiger partial charge in [-0.2, -0.15) is 0 Å². The van der Waals surface area contributed by atoms with Crippen molar-refractivity contribution in [3.63, 3.8) is 0 Å². The molecule has 2 rings (SSSR count). The molecule has 1 aromatic heterocycles. The Kier molecular flexibility index (Phi) is 4.50. The van der Waals surface area contributed by atoms with E-state index in [1.807, 2.05) is 6.20 Å². The molecule has 0 unspecified atom stereocenters. The highest BCUT2D eigenvalue weighted by Crippen LogP contribution is 2.20. The molecule has 1 aliphatic heterocycles. The Labute approximate surface area is 106 Å². The molecule has 2 N–H and O–H groups in total. The van der Waals surface area contributed by atoms with Crippen LogP contribution in [0.25, 0.3) is 0 Å². The molecule has 1 amide bonds. The maximum atomic E-state index is 11.9. The molecular formula is C12H19N3OS. The summed E-state index contributed by atoms with van der Waals surface area (Å²) in [5, 5.41) is 6.86. The summed E-state index contributed by atoms with van der Waals surface area (Å²) in [6.07, 6.45) is 7.23. The van der Waals surface area contributed by atoms with Gasteiger partial charge in [-0.05, 0) is 25.8 Å². The maximum Gasteiger partial charge on any atom is 0.243 e. The van der Waals surface area contributed by atoms with Crippen LogP contribution >= 0.6 is 11.3 Å². The van der Waals surface area contributed by atoms with Gasteiger partial charge in [-0.1, -0.05) is 19.8 Å².